The molecule has 0 unspecified atom stereocenters. The highest BCUT2D eigenvalue weighted by molar-refractivity contribution is 6.32. The van der Waals surface area contributed by atoms with Gasteiger partial charge < -0.3 is 15.0 Å². The van der Waals surface area contributed by atoms with Gasteiger partial charge in [-0.3, -0.25) is 4.79 Å². The Hall–Kier alpha value is -2.22. The number of ether oxygens (including phenoxy) is 1. The van der Waals surface area contributed by atoms with Gasteiger partial charge in [0.1, 0.15) is 5.75 Å². The average Bonchev–Trinajstić information content (AvgIpc) is 2.73. The molecule has 0 saturated carbocycles. The fourth-order valence-electron chi connectivity index (χ4n) is 2.89. The van der Waals surface area contributed by atoms with Crippen molar-refractivity contribution in [2.75, 3.05) is 31.6 Å². The SMILES string of the molecule is CCN(CC)CCCOc1ccc(NC(=O)C=Cc2ccc(C(F)(F)F)cc2Cl)cc1Cl. The highest BCUT2D eigenvalue weighted by Gasteiger charge is 2.30. The Morgan fingerprint density at radius 2 is 1.81 bits per heavy atom. The van der Waals surface area contributed by atoms with Crippen LogP contribution in [0.2, 0.25) is 10.0 Å². The van der Waals surface area contributed by atoms with E-state index in [4.69, 9.17) is 27.9 Å². The zero-order valence-electron chi connectivity index (χ0n) is 17.8. The third kappa shape index (κ3) is 8.04. The molecule has 0 heterocycles. The number of hydrogen-bond acceptors (Lipinski definition) is 3. The number of nitrogens with one attached hydrogen (secondary N) is 1. The van der Waals surface area contributed by atoms with Gasteiger partial charge in [0, 0.05) is 23.3 Å². The summed E-state index contributed by atoms with van der Waals surface area (Å²) >= 11 is 12.1. The fraction of sp³-hybridized carbons (Fsp3) is 0.348. The second kappa shape index (κ2) is 12.1. The third-order valence-electron chi connectivity index (χ3n) is 4.71. The summed E-state index contributed by atoms with van der Waals surface area (Å²) in [4.78, 5) is 14.5. The van der Waals surface area contributed by atoms with Crippen molar-refractivity contribution < 1.29 is 22.7 Å². The molecule has 9 heteroatoms. The predicted octanol–water partition coefficient (Wildman–Crippen LogP) is 6.77. The number of nitrogens with zero attached hydrogens (tertiary/aromatic N) is 1. The minimum absolute atomic E-state index is 0.102. The van der Waals surface area contributed by atoms with Gasteiger partial charge in [-0.2, -0.15) is 13.2 Å². The van der Waals surface area contributed by atoms with Gasteiger partial charge in [-0.05, 0) is 61.5 Å². The van der Waals surface area contributed by atoms with Crippen molar-refractivity contribution in [1.82, 2.24) is 4.90 Å². The van der Waals surface area contributed by atoms with Gasteiger partial charge in [0.15, 0.2) is 0 Å². The van der Waals surface area contributed by atoms with E-state index in [9.17, 15) is 18.0 Å². The molecule has 4 nitrogen and oxygen atoms in total. The first kappa shape index (κ1) is 26.0. The van der Waals surface area contributed by atoms with Gasteiger partial charge in [0.2, 0.25) is 5.91 Å². The topological polar surface area (TPSA) is 41.6 Å². The molecule has 0 aliphatic carbocycles. The lowest BCUT2D eigenvalue weighted by Crippen LogP contribution is -2.25. The summed E-state index contributed by atoms with van der Waals surface area (Å²) in [5, 5.41) is 2.90. The van der Waals surface area contributed by atoms with Gasteiger partial charge in [-0.25, -0.2) is 0 Å². The molecule has 0 aliphatic heterocycles. The molecular weight excluding hydrogens is 464 g/mol. The molecule has 1 N–H and O–H groups in total. The Bertz CT molecular complexity index is 945. The summed E-state index contributed by atoms with van der Waals surface area (Å²) < 4.78 is 43.8. The molecule has 0 spiro atoms. The minimum Gasteiger partial charge on any atom is -0.492 e. The lowest BCUT2D eigenvalue weighted by Gasteiger charge is -2.18. The monoisotopic (exact) mass is 488 g/mol. The third-order valence-corrected chi connectivity index (χ3v) is 5.33. The van der Waals surface area contributed by atoms with Crippen molar-refractivity contribution in [3.05, 3.63) is 63.6 Å². The maximum atomic E-state index is 12.7. The van der Waals surface area contributed by atoms with E-state index in [2.05, 4.69) is 24.1 Å². The molecule has 0 bridgehead atoms. The zero-order valence-corrected chi connectivity index (χ0v) is 19.3. The molecule has 174 valence electrons. The Morgan fingerprint density at radius 1 is 1.09 bits per heavy atom. The Balaban J connectivity index is 1.91. The highest BCUT2D eigenvalue weighted by atomic mass is 35.5. The molecule has 0 atom stereocenters. The van der Waals surface area contributed by atoms with Crippen LogP contribution in [0, 0.1) is 0 Å². The number of carbonyl (C=O) groups is 1. The molecule has 0 aromatic heterocycles. The highest BCUT2D eigenvalue weighted by Crippen LogP contribution is 2.32. The van der Waals surface area contributed by atoms with E-state index in [-0.39, 0.29) is 5.02 Å². The van der Waals surface area contributed by atoms with Crippen LogP contribution in [0.5, 0.6) is 5.75 Å². The van der Waals surface area contributed by atoms with Gasteiger partial charge in [-0.15, -0.1) is 0 Å². The molecule has 1 amide bonds. The normalized spacial score (nSPS) is 11.9. The first-order valence-electron chi connectivity index (χ1n) is 10.1. The van der Waals surface area contributed by atoms with Crippen molar-refractivity contribution in [1.29, 1.82) is 0 Å². The molecule has 2 aromatic rings. The number of anilines is 1. The quantitative estimate of drug-likeness (QED) is 0.296. The van der Waals surface area contributed by atoms with E-state index >= 15 is 0 Å². The van der Waals surface area contributed by atoms with Crippen molar-refractivity contribution in [3.63, 3.8) is 0 Å². The Kier molecular flexibility index (Phi) is 9.87. The number of rotatable bonds is 10. The van der Waals surface area contributed by atoms with Gasteiger partial charge >= 0.3 is 6.18 Å². The molecule has 0 aliphatic rings. The second-order valence-corrected chi connectivity index (χ2v) is 7.75. The second-order valence-electron chi connectivity index (χ2n) is 6.93. The summed E-state index contributed by atoms with van der Waals surface area (Å²) in [6, 6.07) is 7.83. The van der Waals surface area contributed by atoms with Gasteiger partial charge in [-0.1, -0.05) is 43.1 Å². The maximum Gasteiger partial charge on any atom is 0.416 e. The smallest absolute Gasteiger partial charge is 0.416 e. The summed E-state index contributed by atoms with van der Waals surface area (Å²) in [7, 11) is 0. The maximum absolute atomic E-state index is 12.7. The number of carbonyl (C=O) groups excluding carboxylic acids is 1. The van der Waals surface area contributed by atoms with E-state index in [0.29, 0.717) is 28.6 Å². The fourth-order valence-corrected chi connectivity index (χ4v) is 3.37. The first-order valence-corrected chi connectivity index (χ1v) is 10.9. The lowest BCUT2D eigenvalue weighted by molar-refractivity contribution is -0.137. The van der Waals surface area contributed by atoms with Crippen LogP contribution in [0.1, 0.15) is 31.4 Å². The molecule has 2 aromatic carbocycles. The van der Waals surface area contributed by atoms with Gasteiger partial charge in [0.25, 0.3) is 0 Å². The first-order chi connectivity index (χ1) is 15.1. The lowest BCUT2D eigenvalue weighted by atomic mass is 10.1. The van der Waals surface area contributed by atoms with E-state index in [1.54, 1.807) is 18.2 Å². The van der Waals surface area contributed by atoms with Crippen LogP contribution in [0.15, 0.2) is 42.5 Å². The standard InChI is InChI=1S/C23H25Cl2F3N2O2/c1-3-30(4-2)12-5-13-32-21-10-9-18(15-20(21)25)29-22(31)11-7-16-6-8-17(14-19(16)24)23(26,27)28/h6-11,14-15H,3-5,12-13H2,1-2H3,(H,29,31). The molecular formula is C23H25Cl2F3N2O2. The summed E-state index contributed by atoms with van der Waals surface area (Å²) in [6.45, 7) is 7.67. The Morgan fingerprint density at radius 3 is 2.41 bits per heavy atom. The van der Waals surface area contributed by atoms with E-state index in [1.165, 1.54) is 18.2 Å². The van der Waals surface area contributed by atoms with Crippen molar-refractivity contribution in [3.8, 4) is 5.75 Å². The number of benzene rings is 2. The molecule has 2 rings (SSSR count). The van der Waals surface area contributed by atoms with Crippen LogP contribution in [-0.2, 0) is 11.0 Å². The van der Waals surface area contributed by atoms with Crippen LogP contribution in [0.4, 0.5) is 18.9 Å². The largest absolute Gasteiger partial charge is 0.492 e. The molecule has 0 radical (unpaired) electrons. The van der Waals surface area contributed by atoms with Crippen LogP contribution >= 0.6 is 23.2 Å². The van der Waals surface area contributed by atoms with Gasteiger partial charge in [0.05, 0.1) is 17.2 Å². The molecule has 0 fully saturated rings. The van der Waals surface area contributed by atoms with Crippen LogP contribution in [0.3, 0.4) is 0 Å². The number of amides is 1. The number of hydrogen-bond donors (Lipinski definition) is 1. The summed E-state index contributed by atoms with van der Waals surface area (Å²) in [5.74, 6) is 0.0428. The Labute approximate surface area is 196 Å². The van der Waals surface area contributed by atoms with Crippen LogP contribution in [-0.4, -0.2) is 37.0 Å². The summed E-state index contributed by atoms with van der Waals surface area (Å²) in [5.41, 5.74) is -0.103. The average molecular weight is 489 g/mol. The zero-order chi connectivity index (χ0) is 23.7. The van der Waals surface area contributed by atoms with Crippen LogP contribution in [0.25, 0.3) is 6.08 Å². The van der Waals surface area contributed by atoms with Crippen molar-refractivity contribution >= 4 is 40.9 Å². The number of alkyl halides is 3. The van der Waals surface area contributed by atoms with Crippen molar-refractivity contribution in [2.45, 2.75) is 26.4 Å². The van der Waals surface area contributed by atoms with E-state index < -0.39 is 17.6 Å². The summed E-state index contributed by atoms with van der Waals surface area (Å²) in [6.07, 6.45) is -1.09. The predicted molar refractivity (Wildman–Crippen MR) is 123 cm³/mol. The molecule has 32 heavy (non-hydrogen) atoms. The van der Waals surface area contributed by atoms with E-state index in [1.807, 2.05) is 0 Å². The number of halogens is 5. The van der Waals surface area contributed by atoms with E-state index in [0.717, 1.165) is 38.2 Å². The molecule has 0 saturated heterocycles. The van der Waals surface area contributed by atoms with Crippen LogP contribution < -0.4 is 10.1 Å². The minimum atomic E-state index is -4.48. The van der Waals surface area contributed by atoms with Crippen molar-refractivity contribution in [2.24, 2.45) is 0 Å².